The van der Waals surface area contributed by atoms with Gasteiger partial charge in [-0.3, -0.25) is 9.55 Å². The van der Waals surface area contributed by atoms with Crippen molar-refractivity contribution in [3.63, 3.8) is 0 Å². The molecular formula is C22H21N3. The first kappa shape index (κ1) is 15.6. The van der Waals surface area contributed by atoms with Crippen LogP contribution in [0.3, 0.4) is 0 Å². The van der Waals surface area contributed by atoms with Gasteiger partial charge in [-0.2, -0.15) is 0 Å². The maximum Gasteiger partial charge on any atom is 0.100 e. The molecule has 0 bridgehead atoms. The molecular weight excluding hydrogens is 306 g/mol. The predicted octanol–water partition coefficient (Wildman–Crippen LogP) is 5.39. The van der Waals surface area contributed by atoms with Crippen LogP contribution < -0.4 is 0 Å². The summed E-state index contributed by atoms with van der Waals surface area (Å²) in [5.74, 6) is 0. The van der Waals surface area contributed by atoms with E-state index in [1.54, 1.807) is 6.20 Å². The zero-order valence-corrected chi connectivity index (χ0v) is 14.8. The third-order valence-electron chi connectivity index (χ3n) is 4.53. The van der Waals surface area contributed by atoms with Gasteiger partial charge in [0.05, 0.1) is 11.0 Å². The van der Waals surface area contributed by atoms with Crippen molar-refractivity contribution < 1.29 is 0 Å². The van der Waals surface area contributed by atoms with E-state index in [-0.39, 0.29) is 5.41 Å². The lowest BCUT2D eigenvalue weighted by Crippen LogP contribution is -2.10. The van der Waals surface area contributed by atoms with Crippen LogP contribution in [0.4, 0.5) is 0 Å². The largest absolute Gasteiger partial charge is 0.299 e. The van der Waals surface area contributed by atoms with Crippen molar-refractivity contribution in [3.8, 4) is 16.8 Å². The van der Waals surface area contributed by atoms with Gasteiger partial charge in [-0.1, -0.05) is 45.0 Å². The number of hydrogen-bond donors (Lipinski definition) is 0. The van der Waals surface area contributed by atoms with Crippen molar-refractivity contribution in [1.82, 2.24) is 14.5 Å². The molecule has 0 saturated carbocycles. The summed E-state index contributed by atoms with van der Waals surface area (Å²) >= 11 is 0. The molecule has 0 radical (unpaired) electrons. The predicted molar refractivity (Wildman–Crippen MR) is 103 cm³/mol. The monoisotopic (exact) mass is 327 g/mol. The normalized spacial score (nSPS) is 11.8. The number of nitrogens with zero attached hydrogens (tertiary/aromatic N) is 3. The van der Waals surface area contributed by atoms with Crippen molar-refractivity contribution in [1.29, 1.82) is 0 Å². The van der Waals surface area contributed by atoms with Crippen molar-refractivity contribution >= 4 is 11.0 Å². The van der Waals surface area contributed by atoms with Crippen LogP contribution in [-0.4, -0.2) is 14.5 Å². The molecule has 124 valence electrons. The standard InChI is InChI=1S/C22H21N3/c1-22(2,3)18-9-10-21-20(13-18)24-15-25(21)19-8-4-6-16(12-19)17-7-5-11-23-14-17/h4-15H,1-3H3. The Labute approximate surface area is 148 Å². The summed E-state index contributed by atoms with van der Waals surface area (Å²) < 4.78 is 2.14. The van der Waals surface area contributed by atoms with Gasteiger partial charge in [0.25, 0.3) is 0 Å². The van der Waals surface area contributed by atoms with Gasteiger partial charge in [0.2, 0.25) is 0 Å². The van der Waals surface area contributed by atoms with E-state index < -0.39 is 0 Å². The van der Waals surface area contributed by atoms with Gasteiger partial charge in [0.15, 0.2) is 0 Å². The minimum absolute atomic E-state index is 0.123. The van der Waals surface area contributed by atoms with E-state index >= 15 is 0 Å². The quantitative estimate of drug-likeness (QED) is 0.494. The Balaban J connectivity index is 1.80. The van der Waals surface area contributed by atoms with E-state index in [2.05, 4.69) is 83.8 Å². The molecule has 0 amide bonds. The fourth-order valence-corrected chi connectivity index (χ4v) is 3.05. The molecule has 0 unspecified atom stereocenters. The minimum Gasteiger partial charge on any atom is -0.299 e. The second-order valence-electron chi connectivity index (χ2n) is 7.36. The topological polar surface area (TPSA) is 30.7 Å². The fourth-order valence-electron chi connectivity index (χ4n) is 3.05. The highest BCUT2D eigenvalue weighted by atomic mass is 15.0. The van der Waals surface area contributed by atoms with E-state index in [1.807, 2.05) is 18.6 Å². The van der Waals surface area contributed by atoms with Crippen LogP contribution in [0.15, 0.2) is 73.3 Å². The van der Waals surface area contributed by atoms with Crippen molar-refractivity contribution in [2.45, 2.75) is 26.2 Å². The summed E-state index contributed by atoms with van der Waals surface area (Å²) in [5, 5.41) is 0. The second kappa shape index (κ2) is 5.85. The molecule has 25 heavy (non-hydrogen) atoms. The van der Waals surface area contributed by atoms with Gasteiger partial charge in [-0.15, -0.1) is 0 Å². The van der Waals surface area contributed by atoms with Crippen LogP contribution in [-0.2, 0) is 5.41 Å². The molecule has 3 nitrogen and oxygen atoms in total. The highest BCUT2D eigenvalue weighted by molar-refractivity contribution is 5.79. The van der Waals surface area contributed by atoms with Crippen molar-refractivity contribution in [2.24, 2.45) is 0 Å². The third-order valence-corrected chi connectivity index (χ3v) is 4.53. The van der Waals surface area contributed by atoms with E-state index in [4.69, 9.17) is 0 Å². The van der Waals surface area contributed by atoms with Gasteiger partial charge in [-0.05, 0) is 46.9 Å². The van der Waals surface area contributed by atoms with E-state index in [0.29, 0.717) is 0 Å². The number of hydrogen-bond acceptors (Lipinski definition) is 2. The highest BCUT2D eigenvalue weighted by Crippen LogP contribution is 2.28. The number of rotatable bonds is 2. The molecule has 0 atom stereocenters. The number of benzene rings is 2. The summed E-state index contributed by atoms with van der Waals surface area (Å²) in [7, 11) is 0. The second-order valence-corrected chi connectivity index (χ2v) is 7.36. The molecule has 0 saturated heterocycles. The first-order chi connectivity index (χ1) is 12.0. The molecule has 2 aromatic carbocycles. The van der Waals surface area contributed by atoms with Gasteiger partial charge in [-0.25, -0.2) is 4.98 Å². The van der Waals surface area contributed by atoms with Crippen molar-refractivity contribution in [2.75, 3.05) is 0 Å². The van der Waals surface area contributed by atoms with Crippen LogP contribution >= 0.6 is 0 Å². The summed E-state index contributed by atoms with van der Waals surface area (Å²) in [6, 6.07) is 19.1. The molecule has 2 heterocycles. The van der Waals surface area contributed by atoms with E-state index in [1.165, 1.54) is 5.56 Å². The lowest BCUT2D eigenvalue weighted by atomic mass is 9.87. The molecule has 0 aliphatic carbocycles. The fraction of sp³-hybridized carbons (Fsp3) is 0.182. The van der Waals surface area contributed by atoms with E-state index in [9.17, 15) is 0 Å². The summed E-state index contributed by atoms with van der Waals surface area (Å²) in [6.45, 7) is 6.67. The molecule has 0 spiro atoms. The minimum atomic E-state index is 0.123. The molecule has 3 heteroatoms. The Morgan fingerprint density at radius 2 is 1.72 bits per heavy atom. The van der Waals surface area contributed by atoms with Gasteiger partial charge < -0.3 is 0 Å². The Bertz CT molecular complexity index is 1020. The smallest absolute Gasteiger partial charge is 0.100 e. The SMILES string of the molecule is CC(C)(C)c1ccc2c(c1)ncn2-c1cccc(-c2cccnc2)c1. The average molecular weight is 327 g/mol. The maximum atomic E-state index is 4.62. The Morgan fingerprint density at radius 1 is 0.880 bits per heavy atom. The molecule has 2 aromatic heterocycles. The first-order valence-corrected chi connectivity index (χ1v) is 8.51. The summed E-state index contributed by atoms with van der Waals surface area (Å²) in [6.07, 6.45) is 5.59. The zero-order chi connectivity index (χ0) is 17.4. The lowest BCUT2D eigenvalue weighted by Gasteiger charge is -2.18. The Kier molecular flexibility index (Phi) is 3.65. The van der Waals surface area contributed by atoms with Crippen LogP contribution in [0, 0.1) is 0 Å². The summed E-state index contributed by atoms with van der Waals surface area (Å²) in [5.41, 5.74) is 6.94. The molecule has 0 aliphatic rings. The molecule has 0 fully saturated rings. The van der Waals surface area contributed by atoms with Gasteiger partial charge in [0, 0.05) is 23.6 Å². The Morgan fingerprint density at radius 3 is 2.48 bits per heavy atom. The zero-order valence-electron chi connectivity index (χ0n) is 14.8. The highest BCUT2D eigenvalue weighted by Gasteiger charge is 2.15. The number of pyridine rings is 1. The van der Waals surface area contributed by atoms with Crippen molar-refractivity contribution in [3.05, 3.63) is 78.9 Å². The molecule has 4 aromatic rings. The summed E-state index contributed by atoms with van der Waals surface area (Å²) in [4.78, 5) is 8.84. The number of fused-ring (bicyclic) bond motifs is 1. The van der Waals surface area contributed by atoms with Crippen LogP contribution in [0.2, 0.25) is 0 Å². The van der Waals surface area contributed by atoms with Gasteiger partial charge in [0.1, 0.15) is 6.33 Å². The average Bonchev–Trinajstić information content (AvgIpc) is 3.05. The van der Waals surface area contributed by atoms with Crippen LogP contribution in [0.5, 0.6) is 0 Å². The number of imidazole rings is 1. The maximum absolute atomic E-state index is 4.62. The van der Waals surface area contributed by atoms with E-state index in [0.717, 1.165) is 27.8 Å². The van der Waals surface area contributed by atoms with Gasteiger partial charge >= 0.3 is 0 Å². The molecule has 0 aliphatic heterocycles. The first-order valence-electron chi connectivity index (χ1n) is 8.51. The van der Waals surface area contributed by atoms with Crippen LogP contribution in [0.25, 0.3) is 27.8 Å². The third kappa shape index (κ3) is 2.93. The number of aromatic nitrogens is 3. The Hall–Kier alpha value is -2.94. The molecule has 0 N–H and O–H groups in total. The lowest BCUT2D eigenvalue weighted by molar-refractivity contribution is 0.591. The van der Waals surface area contributed by atoms with Crippen LogP contribution in [0.1, 0.15) is 26.3 Å². The molecule has 4 rings (SSSR count).